The number of carboxylic acids is 1. The Bertz CT molecular complexity index is 942. The standard InChI is InChI=1S/C18H17F2NO4S/c19-14-10-13-2-1-9-21(18(13)16(20)11-14)26(24,25)15-6-3-12(4-7-15)5-8-17(22)23/h3-4,6-7,10-11H,1-2,5,8-9H2,(H,22,23). The van der Waals surface area contributed by atoms with Crippen molar-refractivity contribution < 1.29 is 27.1 Å². The number of aryl methyl sites for hydroxylation is 2. The van der Waals surface area contributed by atoms with Crippen LogP contribution in [-0.4, -0.2) is 26.0 Å². The molecule has 0 radical (unpaired) electrons. The Hall–Kier alpha value is -2.48. The van der Waals surface area contributed by atoms with Crippen molar-refractivity contribution in [2.24, 2.45) is 0 Å². The summed E-state index contributed by atoms with van der Waals surface area (Å²) in [6.07, 6.45) is 1.11. The maximum absolute atomic E-state index is 14.3. The Labute approximate surface area is 149 Å². The molecule has 0 unspecified atom stereocenters. The van der Waals surface area contributed by atoms with Crippen molar-refractivity contribution in [1.29, 1.82) is 0 Å². The van der Waals surface area contributed by atoms with Gasteiger partial charge >= 0.3 is 5.97 Å². The van der Waals surface area contributed by atoms with Gasteiger partial charge in [-0.1, -0.05) is 12.1 Å². The number of halogens is 2. The first-order valence-electron chi connectivity index (χ1n) is 8.10. The number of rotatable bonds is 5. The predicted molar refractivity (Wildman–Crippen MR) is 91.6 cm³/mol. The lowest BCUT2D eigenvalue weighted by atomic mass is 10.0. The van der Waals surface area contributed by atoms with Crippen LogP contribution in [0, 0.1) is 11.6 Å². The van der Waals surface area contributed by atoms with Crippen LogP contribution in [0.2, 0.25) is 0 Å². The van der Waals surface area contributed by atoms with Crippen LogP contribution in [-0.2, 0) is 27.7 Å². The average Bonchev–Trinajstić information content (AvgIpc) is 2.59. The minimum Gasteiger partial charge on any atom is -0.481 e. The molecule has 0 amide bonds. The van der Waals surface area contributed by atoms with Crippen molar-refractivity contribution >= 4 is 21.7 Å². The van der Waals surface area contributed by atoms with Crippen molar-refractivity contribution in [1.82, 2.24) is 0 Å². The molecule has 3 rings (SSSR count). The fourth-order valence-corrected chi connectivity index (χ4v) is 4.61. The molecule has 0 saturated carbocycles. The van der Waals surface area contributed by atoms with E-state index >= 15 is 0 Å². The van der Waals surface area contributed by atoms with Crippen LogP contribution in [0.5, 0.6) is 0 Å². The second kappa shape index (κ2) is 7.03. The quantitative estimate of drug-likeness (QED) is 0.864. The maximum Gasteiger partial charge on any atom is 0.303 e. The molecule has 26 heavy (non-hydrogen) atoms. The number of nitrogens with zero attached hydrogens (tertiary/aromatic N) is 1. The first kappa shape index (κ1) is 18.3. The summed E-state index contributed by atoms with van der Waals surface area (Å²) in [6, 6.07) is 7.69. The minimum absolute atomic E-state index is 0.0202. The van der Waals surface area contributed by atoms with Crippen LogP contribution in [0.3, 0.4) is 0 Å². The summed E-state index contributed by atoms with van der Waals surface area (Å²) in [6.45, 7) is 0.110. The van der Waals surface area contributed by atoms with Crippen LogP contribution in [0.15, 0.2) is 41.3 Å². The zero-order chi connectivity index (χ0) is 18.9. The van der Waals surface area contributed by atoms with Gasteiger partial charge in [0, 0.05) is 19.0 Å². The van der Waals surface area contributed by atoms with Crippen LogP contribution in [0.4, 0.5) is 14.5 Å². The molecule has 2 aromatic rings. The molecular formula is C18H17F2NO4S. The fraction of sp³-hybridized carbons (Fsp3) is 0.278. The van der Waals surface area contributed by atoms with Crippen molar-refractivity contribution in [2.45, 2.75) is 30.6 Å². The fourth-order valence-electron chi connectivity index (χ4n) is 3.06. The van der Waals surface area contributed by atoms with Gasteiger partial charge < -0.3 is 5.11 Å². The first-order chi connectivity index (χ1) is 12.3. The zero-order valence-electron chi connectivity index (χ0n) is 13.8. The third kappa shape index (κ3) is 3.55. The molecule has 0 fully saturated rings. The van der Waals surface area contributed by atoms with Crippen LogP contribution >= 0.6 is 0 Å². The summed E-state index contributed by atoms with van der Waals surface area (Å²) in [5.74, 6) is -2.57. The Balaban J connectivity index is 1.94. The Kier molecular flexibility index (Phi) is 4.95. The van der Waals surface area contributed by atoms with Crippen molar-refractivity contribution in [3.63, 3.8) is 0 Å². The number of hydrogen-bond acceptors (Lipinski definition) is 3. The molecule has 0 spiro atoms. The van der Waals surface area contributed by atoms with Gasteiger partial charge in [0.1, 0.15) is 5.82 Å². The van der Waals surface area contributed by atoms with E-state index in [1.54, 1.807) is 12.1 Å². The summed E-state index contributed by atoms with van der Waals surface area (Å²) in [4.78, 5) is 10.6. The van der Waals surface area contributed by atoms with Crippen molar-refractivity contribution in [3.8, 4) is 0 Å². The topological polar surface area (TPSA) is 74.7 Å². The van der Waals surface area contributed by atoms with Gasteiger partial charge in [0.25, 0.3) is 10.0 Å². The third-order valence-corrected chi connectivity index (χ3v) is 6.12. The molecular weight excluding hydrogens is 364 g/mol. The molecule has 8 heteroatoms. The molecule has 2 aromatic carbocycles. The van der Waals surface area contributed by atoms with E-state index in [4.69, 9.17) is 5.11 Å². The number of sulfonamides is 1. The summed E-state index contributed by atoms with van der Waals surface area (Å²) in [5.41, 5.74) is 0.918. The van der Waals surface area contributed by atoms with E-state index in [9.17, 15) is 22.0 Å². The van der Waals surface area contributed by atoms with Crippen molar-refractivity contribution in [3.05, 3.63) is 59.2 Å². The summed E-state index contributed by atoms with van der Waals surface area (Å²) >= 11 is 0. The number of carbonyl (C=O) groups is 1. The Morgan fingerprint density at radius 3 is 2.50 bits per heavy atom. The van der Waals surface area contributed by atoms with Crippen LogP contribution in [0.1, 0.15) is 24.0 Å². The number of aliphatic carboxylic acids is 1. The average molecular weight is 381 g/mol. The first-order valence-corrected chi connectivity index (χ1v) is 9.54. The highest BCUT2D eigenvalue weighted by Gasteiger charge is 2.32. The normalized spacial score (nSPS) is 14.2. The zero-order valence-corrected chi connectivity index (χ0v) is 14.6. The largest absolute Gasteiger partial charge is 0.481 e. The van der Waals surface area contributed by atoms with Crippen molar-refractivity contribution in [2.75, 3.05) is 10.8 Å². The third-order valence-electron chi connectivity index (χ3n) is 4.30. The van der Waals surface area contributed by atoms with E-state index in [1.807, 2.05) is 0 Å². The lowest BCUT2D eigenvalue weighted by Crippen LogP contribution is -2.36. The highest BCUT2D eigenvalue weighted by Crippen LogP contribution is 2.35. The van der Waals surface area contributed by atoms with E-state index in [0.29, 0.717) is 30.0 Å². The van der Waals surface area contributed by atoms with Gasteiger partial charge in [-0.3, -0.25) is 9.10 Å². The maximum atomic E-state index is 14.3. The van der Waals surface area contributed by atoms with Gasteiger partial charge in [-0.2, -0.15) is 0 Å². The highest BCUT2D eigenvalue weighted by atomic mass is 32.2. The summed E-state index contributed by atoms with van der Waals surface area (Å²) in [5, 5.41) is 8.70. The van der Waals surface area contributed by atoms with Gasteiger partial charge in [-0.25, -0.2) is 17.2 Å². The SMILES string of the molecule is O=C(O)CCc1ccc(S(=O)(=O)N2CCCc3cc(F)cc(F)c32)cc1. The number of benzene rings is 2. The lowest BCUT2D eigenvalue weighted by molar-refractivity contribution is -0.136. The molecule has 0 saturated heterocycles. The van der Waals surface area contributed by atoms with E-state index in [-0.39, 0.29) is 30.0 Å². The van der Waals surface area contributed by atoms with Gasteiger partial charge in [-0.05, 0) is 48.6 Å². The molecule has 0 aliphatic carbocycles. The lowest BCUT2D eigenvalue weighted by Gasteiger charge is -2.30. The van der Waals surface area contributed by atoms with E-state index in [0.717, 1.165) is 10.4 Å². The molecule has 0 aromatic heterocycles. The molecule has 0 atom stereocenters. The number of anilines is 1. The molecule has 1 N–H and O–H groups in total. The number of hydrogen-bond donors (Lipinski definition) is 1. The van der Waals surface area contributed by atoms with Gasteiger partial charge in [0.2, 0.25) is 0 Å². The second-order valence-corrected chi connectivity index (χ2v) is 7.98. The monoisotopic (exact) mass is 381 g/mol. The molecule has 1 heterocycles. The highest BCUT2D eigenvalue weighted by molar-refractivity contribution is 7.92. The van der Waals surface area contributed by atoms with Gasteiger partial charge in [-0.15, -0.1) is 0 Å². The summed E-state index contributed by atoms with van der Waals surface area (Å²) in [7, 11) is -4.00. The summed E-state index contributed by atoms with van der Waals surface area (Å²) < 4.78 is 54.5. The van der Waals surface area contributed by atoms with Crippen LogP contribution < -0.4 is 4.31 Å². The number of fused-ring (bicyclic) bond motifs is 1. The molecule has 5 nitrogen and oxygen atoms in total. The van der Waals surface area contributed by atoms with E-state index in [2.05, 4.69) is 0 Å². The predicted octanol–water partition coefficient (Wildman–Crippen LogP) is 3.12. The van der Waals surface area contributed by atoms with E-state index < -0.39 is 27.6 Å². The minimum atomic E-state index is -4.00. The molecule has 138 valence electrons. The smallest absolute Gasteiger partial charge is 0.303 e. The van der Waals surface area contributed by atoms with E-state index in [1.165, 1.54) is 12.1 Å². The molecule has 0 bridgehead atoms. The van der Waals surface area contributed by atoms with Gasteiger partial charge in [0.15, 0.2) is 5.82 Å². The van der Waals surface area contributed by atoms with Gasteiger partial charge in [0.05, 0.1) is 10.6 Å². The molecule has 1 aliphatic rings. The second-order valence-electron chi connectivity index (χ2n) is 6.11. The van der Waals surface area contributed by atoms with Crippen LogP contribution in [0.25, 0.3) is 0 Å². The molecule has 1 aliphatic heterocycles. The number of carboxylic acid groups (broad SMARTS) is 1. The Morgan fingerprint density at radius 1 is 1.15 bits per heavy atom. The Morgan fingerprint density at radius 2 is 1.85 bits per heavy atom.